The first-order valence-electron chi connectivity index (χ1n) is 9.55. The van der Waals surface area contributed by atoms with Crippen LogP contribution in [0.4, 0.5) is 0 Å². The summed E-state index contributed by atoms with van der Waals surface area (Å²) in [6.45, 7) is 7.01. The monoisotopic (exact) mass is 304 g/mol. The summed E-state index contributed by atoms with van der Waals surface area (Å²) in [6, 6.07) is 0. The Bertz CT molecular complexity index is 500. The second-order valence-electron chi connectivity index (χ2n) is 9.80. The lowest BCUT2D eigenvalue weighted by Gasteiger charge is -2.68. The maximum atomic E-state index is 12.0. The van der Waals surface area contributed by atoms with Crippen LogP contribution in [0.15, 0.2) is 0 Å². The van der Waals surface area contributed by atoms with Crippen molar-refractivity contribution in [3.05, 3.63) is 0 Å². The molecular formula is C20H32O2. The Balaban J connectivity index is 1.74. The molecule has 5 fully saturated rings. The third kappa shape index (κ3) is 1.70. The summed E-state index contributed by atoms with van der Waals surface area (Å²) >= 11 is 0. The van der Waals surface area contributed by atoms with Crippen LogP contribution in [-0.2, 0) is 4.79 Å². The van der Waals surface area contributed by atoms with Crippen molar-refractivity contribution in [3.8, 4) is 0 Å². The summed E-state index contributed by atoms with van der Waals surface area (Å²) in [5, 5.41) is 9.92. The fraction of sp³-hybridized carbons (Fsp3) is 0.950. The third-order valence-electron chi connectivity index (χ3n) is 9.02. The highest BCUT2D eigenvalue weighted by molar-refractivity contribution is 5.75. The van der Waals surface area contributed by atoms with Crippen LogP contribution in [-0.4, -0.2) is 11.1 Å². The van der Waals surface area contributed by atoms with Crippen molar-refractivity contribution in [2.45, 2.75) is 78.6 Å². The van der Waals surface area contributed by atoms with Gasteiger partial charge in [0.1, 0.15) is 0 Å². The summed E-state index contributed by atoms with van der Waals surface area (Å²) in [7, 11) is 0. The van der Waals surface area contributed by atoms with E-state index < -0.39 is 11.4 Å². The lowest BCUT2D eigenvalue weighted by Crippen LogP contribution is -2.61. The van der Waals surface area contributed by atoms with E-state index in [9.17, 15) is 9.90 Å². The minimum Gasteiger partial charge on any atom is -0.481 e. The van der Waals surface area contributed by atoms with Crippen LogP contribution >= 0.6 is 0 Å². The zero-order valence-electron chi connectivity index (χ0n) is 14.5. The van der Waals surface area contributed by atoms with Crippen molar-refractivity contribution in [3.63, 3.8) is 0 Å². The Morgan fingerprint density at radius 2 is 1.77 bits per heavy atom. The summed E-state index contributed by atoms with van der Waals surface area (Å²) in [5.41, 5.74) is 0.371. The predicted molar refractivity (Wildman–Crippen MR) is 87.5 cm³/mol. The van der Waals surface area contributed by atoms with Gasteiger partial charge in [-0.2, -0.15) is 0 Å². The SMILES string of the molecule is CC1CC23CCC1CC2C1(C)CCCC(C)(C(=O)O)C1CC3. The smallest absolute Gasteiger partial charge is 0.309 e. The average Bonchev–Trinajstić information content (AvgIpc) is 2.46. The van der Waals surface area contributed by atoms with Crippen molar-refractivity contribution < 1.29 is 9.90 Å². The maximum absolute atomic E-state index is 12.0. The Hall–Kier alpha value is -0.530. The minimum absolute atomic E-state index is 0.280. The van der Waals surface area contributed by atoms with E-state index in [2.05, 4.69) is 20.8 Å². The number of hydrogen-bond donors (Lipinski definition) is 1. The minimum atomic E-state index is -0.534. The molecule has 2 bridgehead atoms. The predicted octanol–water partition coefficient (Wildman–Crippen LogP) is 5.12. The highest BCUT2D eigenvalue weighted by Gasteiger charge is 2.65. The Morgan fingerprint density at radius 1 is 1.05 bits per heavy atom. The van der Waals surface area contributed by atoms with E-state index in [0.717, 1.165) is 37.0 Å². The van der Waals surface area contributed by atoms with Crippen LogP contribution in [0.3, 0.4) is 0 Å². The van der Waals surface area contributed by atoms with Gasteiger partial charge in [-0.15, -0.1) is 0 Å². The molecule has 5 saturated carbocycles. The van der Waals surface area contributed by atoms with E-state index in [1.807, 2.05) is 0 Å². The summed E-state index contributed by atoms with van der Waals surface area (Å²) in [5.74, 6) is 2.48. The van der Waals surface area contributed by atoms with Gasteiger partial charge < -0.3 is 5.11 Å². The second kappa shape index (κ2) is 4.51. The Labute approximate surface area is 135 Å². The molecule has 0 heterocycles. The largest absolute Gasteiger partial charge is 0.481 e. The molecule has 0 aliphatic heterocycles. The first-order valence-corrected chi connectivity index (χ1v) is 9.55. The van der Waals surface area contributed by atoms with Crippen LogP contribution in [0.25, 0.3) is 0 Å². The van der Waals surface area contributed by atoms with Crippen molar-refractivity contribution in [2.75, 3.05) is 0 Å². The zero-order chi connectivity index (χ0) is 15.8. The molecule has 0 radical (unpaired) electrons. The first kappa shape index (κ1) is 15.0. The lowest BCUT2D eigenvalue weighted by atomic mass is 9.36. The molecule has 5 aliphatic rings. The molecule has 0 saturated heterocycles. The van der Waals surface area contributed by atoms with Gasteiger partial charge in [-0.1, -0.05) is 20.3 Å². The van der Waals surface area contributed by atoms with Crippen molar-refractivity contribution >= 4 is 5.97 Å². The van der Waals surface area contributed by atoms with E-state index in [1.54, 1.807) is 0 Å². The molecule has 5 aliphatic carbocycles. The number of carboxylic acids is 1. The summed E-state index contributed by atoms with van der Waals surface area (Å²) in [4.78, 5) is 12.0. The fourth-order valence-corrected chi connectivity index (χ4v) is 7.92. The Morgan fingerprint density at radius 3 is 2.45 bits per heavy atom. The third-order valence-corrected chi connectivity index (χ3v) is 9.02. The molecule has 1 spiro atoms. The number of aliphatic carboxylic acids is 1. The maximum Gasteiger partial charge on any atom is 0.309 e. The molecule has 2 nitrogen and oxygen atoms in total. The normalized spacial score (nSPS) is 57.0. The quantitative estimate of drug-likeness (QED) is 0.730. The van der Waals surface area contributed by atoms with E-state index in [-0.39, 0.29) is 5.41 Å². The van der Waals surface area contributed by atoms with Gasteiger partial charge in [0.15, 0.2) is 0 Å². The van der Waals surface area contributed by atoms with Crippen molar-refractivity contribution in [2.24, 2.45) is 39.9 Å². The summed E-state index contributed by atoms with van der Waals surface area (Å²) < 4.78 is 0. The van der Waals surface area contributed by atoms with E-state index in [0.29, 0.717) is 11.3 Å². The molecule has 7 atom stereocenters. The number of fused-ring (bicyclic) bond motifs is 3. The van der Waals surface area contributed by atoms with E-state index in [1.165, 1.54) is 38.5 Å². The van der Waals surface area contributed by atoms with Gasteiger partial charge in [0.25, 0.3) is 0 Å². The van der Waals surface area contributed by atoms with Crippen LogP contribution < -0.4 is 0 Å². The Kier molecular flexibility index (Phi) is 3.08. The molecule has 0 aromatic carbocycles. The average molecular weight is 304 g/mol. The molecule has 124 valence electrons. The molecule has 5 rings (SSSR count). The van der Waals surface area contributed by atoms with Gasteiger partial charge in [-0.05, 0) is 92.8 Å². The number of carbonyl (C=O) groups is 1. The van der Waals surface area contributed by atoms with Gasteiger partial charge >= 0.3 is 5.97 Å². The van der Waals surface area contributed by atoms with E-state index >= 15 is 0 Å². The van der Waals surface area contributed by atoms with Crippen LogP contribution in [0.5, 0.6) is 0 Å². The molecule has 7 unspecified atom stereocenters. The first-order chi connectivity index (χ1) is 10.3. The summed E-state index contributed by atoms with van der Waals surface area (Å²) in [6.07, 6.45) is 11.4. The van der Waals surface area contributed by atoms with Gasteiger partial charge in [0.2, 0.25) is 0 Å². The molecule has 22 heavy (non-hydrogen) atoms. The zero-order valence-corrected chi connectivity index (χ0v) is 14.5. The highest BCUT2D eigenvalue weighted by atomic mass is 16.4. The van der Waals surface area contributed by atoms with Gasteiger partial charge in [-0.25, -0.2) is 0 Å². The van der Waals surface area contributed by atoms with Crippen LogP contribution in [0.2, 0.25) is 0 Å². The molecule has 2 heteroatoms. The fourth-order valence-electron chi connectivity index (χ4n) is 7.92. The molecule has 1 N–H and O–H groups in total. The van der Waals surface area contributed by atoms with E-state index in [4.69, 9.17) is 0 Å². The molecule has 0 aromatic heterocycles. The topological polar surface area (TPSA) is 37.3 Å². The number of carboxylic acid groups (broad SMARTS) is 1. The lowest BCUT2D eigenvalue weighted by molar-refractivity contribution is -0.203. The van der Waals surface area contributed by atoms with Gasteiger partial charge in [-0.3, -0.25) is 4.79 Å². The highest BCUT2D eigenvalue weighted by Crippen LogP contribution is 2.72. The standard InChI is InChI=1S/C20H32O2/c1-13-12-20-9-5-14(13)11-16(20)18(2)7-4-8-19(3,17(21)22)15(18)6-10-20/h13-16H,4-12H2,1-3H3,(H,21,22). The van der Waals surface area contributed by atoms with Crippen LogP contribution in [0.1, 0.15) is 78.6 Å². The van der Waals surface area contributed by atoms with Crippen LogP contribution in [0, 0.1) is 39.9 Å². The molecule has 0 aromatic rings. The number of rotatable bonds is 1. The number of hydrogen-bond acceptors (Lipinski definition) is 1. The molecular weight excluding hydrogens is 272 g/mol. The van der Waals surface area contributed by atoms with Crippen molar-refractivity contribution in [1.82, 2.24) is 0 Å². The molecule has 0 amide bonds. The second-order valence-corrected chi connectivity index (χ2v) is 9.80. The van der Waals surface area contributed by atoms with Gasteiger partial charge in [0.05, 0.1) is 5.41 Å². The van der Waals surface area contributed by atoms with Crippen molar-refractivity contribution in [1.29, 1.82) is 0 Å². The van der Waals surface area contributed by atoms with Gasteiger partial charge in [0, 0.05) is 0 Å².